The van der Waals surface area contributed by atoms with Crippen LogP contribution in [0.25, 0.3) is 10.9 Å². The van der Waals surface area contributed by atoms with Gasteiger partial charge in [-0.3, -0.25) is 14.7 Å². The smallest absolute Gasteiger partial charge is 0.234 e. The third-order valence-electron chi connectivity index (χ3n) is 6.08. The second kappa shape index (κ2) is 8.99. The number of nitrogens with zero attached hydrogens (tertiary/aromatic N) is 2. The first-order valence-electron chi connectivity index (χ1n) is 10.9. The predicted molar refractivity (Wildman–Crippen MR) is 123 cm³/mol. The number of carbonyl (C=O) groups is 1. The average molecular weight is 428 g/mol. The number of piperazine rings is 1. The number of benzene rings is 1. The molecule has 0 unspecified atom stereocenters. The quantitative estimate of drug-likeness (QED) is 0.660. The highest BCUT2D eigenvalue weighted by Gasteiger charge is 2.23. The highest BCUT2D eigenvalue weighted by atomic mass is 32.2. The van der Waals surface area contributed by atoms with Crippen molar-refractivity contribution in [2.75, 3.05) is 50.5 Å². The van der Waals surface area contributed by atoms with Crippen molar-refractivity contribution in [3.05, 3.63) is 30.0 Å². The van der Waals surface area contributed by atoms with Gasteiger partial charge >= 0.3 is 0 Å². The van der Waals surface area contributed by atoms with Crippen LogP contribution in [-0.2, 0) is 9.53 Å². The van der Waals surface area contributed by atoms with Gasteiger partial charge in [0.25, 0.3) is 0 Å². The van der Waals surface area contributed by atoms with Gasteiger partial charge in [-0.2, -0.15) is 0 Å². The summed E-state index contributed by atoms with van der Waals surface area (Å²) in [5.74, 6) is 1.15. The monoisotopic (exact) mass is 427 g/mol. The van der Waals surface area contributed by atoms with E-state index in [0.717, 1.165) is 79.8 Å². The second-order valence-electron chi connectivity index (χ2n) is 8.30. The fourth-order valence-electron chi connectivity index (χ4n) is 4.38. The van der Waals surface area contributed by atoms with E-state index in [-0.39, 0.29) is 5.91 Å². The minimum atomic E-state index is 0.134. The standard InChI is InChI=1S/C22H29N5O2S/c28-20-13-27(9-7-23-20)8-4-17-14-30-22(25-17)19-12-15-2-1-3-18(21(15)26-19)24-16-5-10-29-11-6-16/h1-3,12,16-17,24,26H,4-11,13-14H2,(H,23,28)/t17-/m0/s1. The van der Waals surface area contributed by atoms with Crippen LogP contribution in [0.4, 0.5) is 5.69 Å². The maximum atomic E-state index is 11.5. The van der Waals surface area contributed by atoms with E-state index in [4.69, 9.17) is 9.73 Å². The summed E-state index contributed by atoms with van der Waals surface area (Å²) in [5, 5.41) is 8.90. The number of aromatic amines is 1. The normalized spacial score (nSPS) is 23.5. The van der Waals surface area contributed by atoms with Crippen molar-refractivity contribution in [1.29, 1.82) is 0 Å². The van der Waals surface area contributed by atoms with E-state index >= 15 is 0 Å². The molecule has 1 amide bonds. The van der Waals surface area contributed by atoms with E-state index in [1.54, 1.807) is 0 Å². The molecule has 3 aliphatic rings. The lowest BCUT2D eigenvalue weighted by molar-refractivity contribution is -0.124. The number of amides is 1. The minimum absolute atomic E-state index is 0.134. The number of aromatic nitrogens is 1. The average Bonchev–Trinajstić information content (AvgIpc) is 3.41. The number of para-hydroxylation sites is 1. The van der Waals surface area contributed by atoms with Crippen LogP contribution in [0, 0.1) is 0 Å². The van der Waals surface area contributed by atoms with Gasteiger partial charge in [-0.1, -0.05) is 12.1 Å². The summed E-state index contributed by atoms with van der Waals surface area (Å²) in [7, 11) is 0. The van der Waals surface area contributed by atoms with E-state index < -0.39 is 0 Å². The lowest BCUT2D eigenvalue weighted by Gasteiger charge is -2.26. The summed E-state index contributed by atoms with van der Waals surface area (Å²) in [6.45, 7) is 4.81. The van der Waals surface area contributed by atoms with Crippen LogP contribution in [0.5, 0.6) is 0 Å². The lowest BCUT2D eigenvalue weighted by Crippen LogP contribution is -2.48. The van der Waals surface area contributed by atoms with Crippen molar-refractivity contribution >= 4 is 39.3 Å². The van der Waals surface area contributed by atoms with E-state index in [2.05, 4.69) is 44.8 Å². The van der Waals surface area contributed by atoms with Crippen molar-refractivity contribution in [2.45, 2.75) is 31.3 Å². The van der Waals surface area contributed by atoms with Gasteiger partial charge in [0.1, 0.15) is 5.04 Å². The summed E-state index contributed by atoms with van der Waals surface area (Å²) in [6.07, 6.45) is 3.10. The second-order valence-corrected chi connectivity index (χ2v) is 9.31. The number of anilines is 1. The predicted octanol–water partition coefficient (Wildman–Crippen LogP) is 2.44. The van der Waals surface area contributed by atoms with E-state index in [0.29, 0.717) is 18.6 Å². The molecule has 3 aliphatic heterocycles. The molecule has 2 fully saturated rings. The zero-order valence-electron chi connectivity index (χ0n) is 17.2. The summed E-state index contributed by atoms with van der Waals surface area (Å²) < 4.78 is 5.48. The molecular weight excluding hydrogens is 398 g/mol. The van der Waals surface area contributed by atoms with E-state index in [1.807, 2.05) is 11.8 Å². The molecule has 4 heterocycles. The molecule has 1 aromatic carbocycles. The molecule has 8 heteroatoms. The molecule has 2 aromatic rings. The summed E-state index contributed by atoms with van der Waals surface area (Å²) in [4.78, 5) is 22.4. The van der Waals surface area contributed by atoms with Crippen molar-refractivity contribution < 1.29 is 9.53 Å². The number of hydrogen-bond donors (Lipinski definition) is 3. The summed E-state index contributed by atoms with van der Waals surface area (Å²) in [5.41, 5.74) is 3.43. The van der Waals surface area contributed by atoms with Gasteiger partial charge in [0.15, 0.2) is 0 Å². The largest absolute Gasteiger partial charge is 0.381 e. The molecule has 0 bridgehead atoms. The molecule has 1 atom stereocenters. The number of aliphatic imine (C=N–C) groups is 1. The van der Waals surface area contributed by atoms with Crippen LogP contribution >= 0.6 is 11.8 Å². The molecule has 0 aliphatic carbocycles. The maximum absolute atomic E-state index is 11.5. The Balaban J connectivity index is 1.26. The van der Waals surface area contributed by atoms with Gasteiger partial charge in [0, 0.05) is 50.0 Å². The molecule has 0 spiro atoms. The summed E-state index contributed by atoms with van der Waals surface area (Å²) >= 11 is 1.83. The Morgan fingerprint density at radius 3 is 3.07 bits per heavy atom. The molecule has 1 aromatic heterocycles. The number of H-pyrrole nitrogens is 1. The van der Waals surface area contributed by atoms with Crippen LogP contribution in [0.2, 0.25) is 0 Å². The SMILES string of the molecule is O=C1CN(CC[C@H]2CSC(c3cc4cccc(NC5CCOCC5)c4[nH]3)=N2)CCN1. The molecule has 3 N–H and O–H groups in total. The Morgan fingerprint density at radius 1 is 1.30 bits per heavy atom. The van der Waals surface area contributed by atoms with Crippen LogP contribution < -0.4 is 10.6 Å². The van der Waals surface area contributed by atoms with Crippen LogP contribution in [0.3, 0.4) is 0 Å². The van der Waals surface area contributed by atoms with Gasteiger partial charge < -0.3 is 20.4 Å². The number of carbonyl (C=O) groups excluding carboxylic acids is 1. The highest BCUT2D eigenvalue weighted by Crippen LogP contribution is 2.30. The number of ether oxygens (including phenoxy) is 1. The highest BCUT2D eigenvalue weighted by molar-refractivity contribution is 8.14. The van der Waals surface area contributed by atoms with Crippen molar-refractivity contribution in [2.24, 2.45) is 4.99 Å². The first-order valence-corrected chi connectivity index (χ1v) is 11.9. The Kier molecular flexibility index (Phi) is 5.97. The number of thioether (sulfide) groups is 1. The number of nitrogens with one attached hydrogen (secondary N) is 3. The van der Waals surface area contributed by atoms with Gasteiger partial charge in [-0.05, 0) is 31.4 Å². The van der Waals surface area contributed by atoms with Crippen LogP contribution in [0.15, 0.2) is 29.3 Å². The molecule has 7 nitrogen and oxygen atoms in total. The summed E-state index contributed by atoms with van der Waals surface area (Å²) in [6, 6.07) is 9.43. The molecule has 2 saturated heterocycles. The third kappa shape index (κ3) is 4.50. The molecular formula is C22H29N5O2S. The van der Waals surface area contributed by atoms with Crippen molar-refractivity contribution in [1.82, 2.24) is 15.2 Å². The van der Waals surface area contributed by atoms with Crippen LogP contribution in [-0.4, -0.2) is 78.1 Å². The molecule has 0 saturated carbocycles. The van der Waals surface area contributed by atoms with Crippen LogP contribution in [0.1, 0.15) is 25.0 Å². The molecule has 160 valence electrons. The van der Waals surface area contributed by atoms with Gasteiger partial charge in [0.05, 0.1) is 29.5 Å². The molecule has 30 heavy (non-hydrogen) atoms. The fourth-order valence-corrected chi connectivity index (χ4v) is 5.46. The Bertz CT molecular complexity index is 937. The maximum Gasteiger partial charge on any atom is 0.234 e. The number of rotatable bonds is 6. The topological polar surface area (TPSA) is 81.8 Å². The number of hydrogen-bond acceptors (Lipinski definition) is 6. The van der Waals surface area contributed by atoms with Crippen molar-refractivity contribution in [3.63, 3.8) is 0 Å². The first-order chi connectivity index (χ1) is 14.7. The van der Waals surface area contributed by atoms with Gasteiger partial charge in [-0.25, -0.2) is 0 Å². The van der Waals surface area contributed by atoms with Crippen molar-refractivity contribution in [3.8, 4) is 0 Å². The molecule has 5 rings (SSSR count). The zero-order valence-corrected chi connectivity index (χ0v) is 18.0. The Labute approximate surface area is 181 Å². The van der Waals surface area contributed by atoms with E-state index in [1.165, 1.54) is 5.39 Å². The Morgan fingerprint density at radius 2 is 2.20 bits per heavy atom. The fraction of sp³-hybridized carbons (Fsp3) is 0.545. The third-order valence-corrected chi connectivity index (χ3v) is 7.23. The lowest BCUT2D eigenvalue weighted by atomic mass is 10.1. The first kappa shape index (κ1) is 19.9. The minimum Gasteiger partial charge on any atom is -0.381 e. The zero-order chi connectivity index (χ0) is 20.3. The Hall–Kier alpha value is -2.03. The van der Waals surface area contributed by atoms with Gasteiger partial charge in [0.2, 0.25) is 5.91 Å². The van der Waals surface area contributed by atoms with E-state index in [9.17, 15) is 4.79 Å². The number of fused-ring (bicyclic) bond motifs is 1. The molecule has 0 radical (unpaired) electrons. The van der Waals surface area contributed by atoms with Gasteiger partial charge in [-0.15, -0.1) is 11.8 Å².